The van der Waals surface area contributed by atoms with Gasteiger partial charge in [0.2, 0.25) is 0 Å². The smallest absolute Gasteiger partial charge is 0.190 e. The van der Waals surface area contributed by atoms with Crippen LogP contribution in [0.15, 0.2) is 91.0 Å². The zero-order chi connectivity index (χ0) is 20.1. The van der Waals surface area contributed by atoms with E-state index >= 15 is 0 Å². The monoisotopic (exact) mass is 391 g/mol. The molecule has 2 atom stereocenters. The lowest BCUT2D eigenvalue weighted by molar-refractivity contribution is -0.104. The van der Waals surface area contributed by atoms with Crippen LogP contribution in [-0.4, -0.2) is 18.5 Å². The van der Waals surface area contributed by atoms with Gasteiger partial charge in [0.15, 0.2) is 5.72 Å². The average molecular weight is 392 g/mol. The second kappa shape index (κ2) is 6.72. The average Bonchev–Trinajstić information content (AvgIpc) is 2.81. The fraction of sp³-hybridized carbons (Fsp3) is 0.214. The number of hydrogen-bond acceptors (Lipinski definition) is 2. The number of ether oxygens (including phenoxy) is 1. The Labute approximate surface area is 177 Å². The van der Waals surface area contributed by atoms with Crippen molar-refractivity contribution in [2.24, 2.45) is 0 Å². The minimum atomic E-state index is -0.440. The van der Waals surface area contributed by atoms with E-state index in [2.05, 4.69) is 103 Å². The van der Waals surface area contributed by atoms with Crippen LogP contribution in [0.5, 0.6) is 5.75 Å². The van der Waals surface area contributed by atoms with Gasteiger partial charge in [-0.3, -0.25) is 4.90 Å². The molecule has 0 bridgehead atoms. The summed E-state index contributed by atoms with van der Waals surface area (Å²) >= 11 is 0. The summed E-state index contributed by atoms with van der Waals surface area (Å²) < 4.78 is 6.98. The van der Waals surface area contributed by atoms with Gasteiger partial charge in [-0.15, -0.1) is 0 Å². The Morgan fingerprint density at radius 1 is 0.833 bits per heavy atom. The molecule has 0 N–H and O–H groups in total. The summed E-state index contributed by atoms with van der Waals surface area (Å²) in [5.74, 6) is 1.28. The number of nitrogens with zero attached hydrogens (tertiary/aromatic N) is 1. The number of hydrogen-bond donors (Lipinski definition) is 0. The maximum absolute atomic E-state index is 6.98. The largest absolute Gasteiger partial charge is 0.468 e. The van der Waals surface area contributed by atoms with Crippen LogP contribution in [0.1, 0.15) is 34.6 Å². The van der Waals surface area contributed by atoms with Gasteiger partial charge in [-0.1, -0.05) is 84.9 Å². The summed E-state index contributed by atoms with van der Waals surface area (Å²) in [5.41, 5.74) is 4.96. The van der Waals surface area contributed by atoms with Crippen molar-refractivity contribution in [2.45, 2.75) is 24.5 Å². The Hall–Kier alpha value is -3.10. The van der Waals surface area contributed by atoms with Gasteiger partial charge >= 0.3 is 0 Å². The van der Waals surface area contributed by atoms with E-state index in [1.807, 2.05) is 0 Å². The van der Waals surface area contributed by atoms with Crippen molar-refractivity contribution >= 4 is 10.8 Å². The summed E-state index contributed by atoms with van der Waals surface area (Å²) in [6, 6.07) is 32.8. The van der Waals surface area contributed by atoms with Crippen LogP contribution >= 0.6 is 0 Å². The fourth-order valence-corrected chi connectivity index (χ4v) is 5.49. The molecule has 2 heterocycles. The van der Waals surface area contributed by atoms with E-state index in [1.54, 1.807) is 0 Å². The molecule has 0 aromatic heterocycles. The molecule has 148 valence electrons. The molecule has 2 heteroatoms. The SMILES string of the molecule is CN1CCc2ccccc2[C@@]12C[C@@H](c1ccccc1)c1c(ccc3ccccc13)O2. The first-order chi connectivity index (χ1) is 14.8. The molecule has 2 nitrogen and oxygen atoms in total. The molecule has 4 aromatic carbocycles. The van der Waals surface area contributed by atoms with E-state index in [-0.39, 0.29) is 5.92 Å². The molecule has 0 fully saturated rings. The second-order valence-electron chi connectivity index (χ2n) is 8.58. The first-order valence-electron chi connectivity index (χ1n) is 10.8. The lowest BCUT2D eigenvalue weighted by Crippen LogP contribution is -2.55. The van der Waals surface area contributed by atoms with Gasteiger partial charge in [-0.05, 0) is 41.4 Å². The van der Waals surface area contributed by atoms with Crippen LogP contribution in [0.4, 0.5) is 0 Å². The van der Waals surface area contributed by atoms with Crippen LogP contribution in [0, 0.1) is 0 Å². The molecule has 0 aliphatic carbocycles. The van der Waals surface area contributed by atoms with Gasteiger partial charge in [0, 0.05) is 30.0 Å². The topological polar surface area (TPSA) is 12.5 Å². The first kappa shape index (κ1) is 17.7. The Bertz CT molecular complexity index is 1230. The Morgan fingerprint density at radius 3 is 2.50 bits per heavy atom. The summed E-state index contributed by atoms with van der Waals surface area (Å²) in [5, 5.41) is 2.57. The third-order valence-electron chi connectivity index (χ3n) is 7.01. The van der Waals surface area contributed by atoms with Crippen molar-refractivity contribution in [1.29, 1.82) is 0 Å². The first-order valence-corrected chi connectivity index (χ1v) is 10.8. The molecular formula is C28H25NO. The van der Waals surface area contributed by atoms with Crippen molar-refractivity contribution < 1.29 is 4.74 Å². The molecule has 30 heavy (non-hydrogen) atoms. The highest BCUT2D eigenvalue weighted by Gasteiger charge is 2.49. The Kier molecular flexibility index (Phi) is 3.97. The number of rotatable bonds is 1. The minimum absolute atomic E-state index is 0.273. The van der Waals surface area contributed by atoms with E-state index in [1.165, 1.54) is 33.0 Å². The number of fused-ring (bicyclic) bond motifs is 5. The maximum Gasteiger partial charge on any atom is 0.190 e. The zero-order valence-electron chi connectivity index (χ0n) is 17.2. The van der Waals surface area contributed by atoms with E-state index in [4.69, 9.17) is 4.74 Å². The minimum Gasteiger partial charge on any atom is -0.468 e. The molecule has 0 unspecified atom stereocenters. The lowest BCUT2D eigenvalue weighted by Gasteiger charge is -2.51. The van der Waals surface area contributed by atoms with Crippen molar-refractivity contribution in [3.63, 3.8) is 0 Å². The normalized spacial score (nSPS) is 23.0. The second-order valence-corrected chi connectivity index (χ2v) is 8.58. The van der Waals surface area contributed by atoms with Gasteiger partial charge in [0.25, 0.3) is 0 Å². The van der Waals surface area contributed by atoms with Gasteiger partial charge in [-0.2, -0.15) is 0 Å². The number of likely N-dealkylation sites (N-methyl/N-ethyl adjacent to an activating group) is 1. The molecule has 0 saturated carbocycles. The Morgan fingerprint density at radius 2 is 1.60 bits per heavy atom. The quantitative estimate of drug-likeness (QED) is 0.389. The van der Waals surface area contributed by atoms with Gasteiger partial charge in [0.05, 0.1) is 0 Å². The van der Waals surface area contributed by atoms with Crippen molar-refractivity contribution in [2.75, 3.05) is 13.6 Å². The van der Waals surface area contributed by atoms with Crippen LogP contribution in [0.2, 0.25) is 0 Å². The van der Waals surface area contributed by atoms with Gasteiger partial charge in [0.1, 0.15) is 5.75 Å². The number of benzene rings is 4. The van der Waals surface area contributed by atoms with Crippen molar-refractivity contribution in [3.8, 4) is 5.75 Å². The molecule has 6 rings (SSSR count). The van der Waals surface area contributed by atoms with Crippen molar-refractivity contribution in [1.82, 2.24) is 4.90 Å². The molecule has 1 spiro atoms. The van der Waals surface area contributed by atoms with E-state index in [9.17, 15) is 0 Å². The third-order valence-corrected chi connectivity index (χ3v) is 7.01. The predicted octanol–water partition coefficient (Wildman–Crippen LogP) is 6.10. The molecule has 0 radical (unpaired) electrons. The summed E-state index contributed by atoms with van der Waals surface area (Å²) in [6.45, 7) is 1.00. The van der Waals surface area contributed by atoms with E-state index < -0.39 is 5.72 Å². The standard InChI is InChI=1S/C28H25NO/c1-29-18-17-22-12-6-8-14-25(22)28(29)19-24(20-9-3-2-4-10-20)27-23-13-7-5-11-21(23)15-16-26(27)30-28/h2-16,24H,17-19H2,1H3/t24-,28-/m0/s1. The van der Waals surface area contributed by atoms with Crippen LogP contribution in [-0.2, 0) is 12.1 Å². The molecular weight excluding hydrogens is 366 g/mol. The van der Waals surface area contributed by atoms with Crippen molar-refractivity contribution in [3.05, 3.63) is 113 Å². The molecule has 2 aliphatic heterocycles. The highest BCUT2D eigenvalue weighted by Crippen LogP contribution is 2.53. The maximum atomic E-state index is 6.98. The predicted molar refractivity (Wildman–Crippen MR) is 122 cm³/mol. The van der Waals surface area contributed by atoms with Crippen LogP contribution in [0.3, 0.4) is 0 Å². The summed E-state index contributed by atoms with van der Waals surface area (Å²) in [4.78, 5) is 2.42. The summed E-state index contributed by atoms with van der Waals surface area (Å²) in [7, 11) is 2.21. The van der Waals surface area contributed by atoms with E-state index in [0.29, 0.717) is 0 Å². The lowest BCUT2D eigenvalue weighted by atomic mass is 9.75. The highest BCUT2D eigenvalue weighted by atomic mass is 16.5. The molecule has 2 aliphatic rings. The molecule has 4 aromatic rings. The fourth-order valence-electron chi connectivity index (χ4n) is 5.49. The zero-order valence-corrected chi connectivity index (χ0v) is 17.2. The van der Waals surface area contributed by atoms with Gasteiger partial charge in [-0.25, -0.2) is 0 Å². The summed E-state index contributed by atoms with van der Waals surface area (Å²) in [6.07, 6.45) is 1.98. The van der Waals surface area contributed by atoms with Gasteiger partial charge < -0.3 is 4.74 Å². The van der Waals surface area contributed by atoms with Crippen LogP contribution in [0.25, 0.3) is 10.8 Å². The highest BCUT2D eigenvalue weighted by molar-refractivity contribution is 5.89. The molecule has 0 amide bonds. The molecule has 0 saturated heterocycles. The van der Waals surface area contributed by atoms with Crippen LogP contribution < -0.4 is 4.74 Å². The third kappa shape index (κ3) is 2.54. The Balaban J connectivity index is 1.63. The van der Waals surface area contributed by atoms with E-state index in [0.717, 1.165) is 25.1 Å².